The number of rotatable bonds is 12. The minimum atomic E-state index is 0.220. The Balaban J connectivity index is 3.31. The van der Waals surface area contributed by atoms with E-state index in [-0.39, 0.29) is 11.8 Å². The zero-order chi connectivity index (χ0) is 13.6. The van der Waals surface area contributed by atoms with E-state index in [1.54, 1.807) is 7.05 Å². The Morgan fingerprint density at radius 1 is 0.889 bits per heavy atom. The summed E-state index contributed by atoms with van der Waals surface area (Å²) in [5.41, 5.74) is 0. The molecule has 0 fully saturated rings. The molecule has 0 radical (unpaired) electrons. The van der Waals surface area contributed by atoms with Crippen LogP contribution in [0.4, 0.5) is 0 Å². The van der Waals surface area contributed by atoms with Crippen molar-refractivity contribution in [3.8, 4) is 0 Å². The Kier molecular flexibility index (Phi) is 12.5. The van der Waals surface area contributed by atoms with E-state index in [0.29, 0.717) is 0 Å². The maximum absolute atomic E-state index is 11.5. The fourth-order valence-corrected chi connectivity index (χ4v) is 2.43. The van der Waals surface area contributed by atoms with Crippen molar-refractivity contribution in [2.45, 2.75) is 84.5 Å². The first-order valence-electron chi connectivity index (χ1n) is 7.97. The van der Waals surface area contributed by atoms with Crippen molar-refractivity contribution in [2.75, 3.05) is 7.05 Å². The van der Waals surface area contributed by atoms with Crippen LogP contribution in [-0.2, 0) is 4.79 Å². The molecule has 18 heavy (non-hydrogen) atoms. The molecule has 0 heterocycles. The third-order valence-electron chi connectivity index (χ3n) is 3.77. The van der Waals surface area contributed by atoms with Crippen molar-refractivity contribution in [3.05, 3.63) is 0 Å². The van der Waals surface area contributed by atoms with Crippen LogP contribution >= 0.6 is 0 Å². The summed E-state index contributed by atoms with van der Waals surface area (Å²) in [6.07, 6.45) is 14.2. The second-order valence-corrected chi connectivity index (χ2v) is 5.34. The van der Waals surface area contributed by atoms with Gasteiger partial charge in [-0.3, -0.25) is 4.79 Å². The van der Waals surface area contributed by atoms with Crippen LogP contribution in [0.5, 0.6) is 0 Å². The molecule has 1 amide bonds. The van der Waals surface area contributed by atoms with Crippen LogP contribution in [0.15, 0.2) is 0 Å². The molecule has 0 aromatic carbocycles. The van der Waals surface area contributed by atoms with Crippen molar-refractivity contribution in [2.24, 2.45) is 5.92 Å². The molecule has 1 unspecified atom stereocenters. The van der Waals surface area contributed by atoms with Gasteiger partial charge < -0.3 is 5.32 Å². The lowest BCUT2D eigenvalue weighted by Crippen LogP contribution is -2.26. The average molecular weight is 255 g/mol. The van der Waals surface area contributed by atoms with E-state index in [1.807, 2.05) is 0 Å². The lowest BCUT2D eigenvalue weighted by molar-refractivity contribution is -0.124. The molecule has 0 aliphatic heterocycles. The van der Waals surface area contributed by atoms with Crippen LogP contribution in [0, 0.1) is 5.92 Å². The van der Waals surface area contributed by atoms with Gasteiger partial charge in [0.15, 0.2) is 0 Å². The largest absolute Gasteiger partial charge is 0.359 e. The van der Waals surface area contributed by atoms with Crippen LogP contribution in [-0.4, -0.2) is 13.0 Å². The molecule has 0 saturated heterocycles. The molecule has 0 aliphatic rings. The van der Waals surface area contributed by atoms with Gasteiger partial charge >= 0.3 is 0 Å². The minimum Gasteiger partial charge on any atom is -0.359 e. The summed E-state index contributed by atoms with van der Waals surface area (Å²) in [7, 11) is 1.74. The molecule has 2 nitrogen and oxygen atoms in total. The summed E-state index contributed by atoms with van der Waals surface area (Å²) in [6, 6.07) is 0. The van der Waals surface area contributed by atoms with E-state index in [4.69, 9.17) is 0 Å². The molecular weight excluding hydrogens is 222 g/mol. The Morgan fingerprint density at radius 2 is 1.39 bits per heavy atom. The molecule has 0 spiro atoms. The average Bonchev–Trinajstić information content (AvgIpc) is 2.40. The fourth-order valence-electron chi connectivity index (χ4n) is 2.43. The van der Waals surface area contributed by atoms with Gasteiger partial charge in [-0.25, -0.2) is 0 Å². The molecule has 0 rings (SSSR count). The number of carbonyl (C=O) groups excluding carboxylic acids is 1. The predicted octanol–water partition coefficient (Wildman–Crippen LogP) is 4.68. The number of amides is 1. The topological polar surface area (TPSA) is 29.1 Å². The van der Waals surface area contributed by atoms with E-state index >= 15 is 0 Å². The van der Waals surface area contributed by atoms with Crippen molar-refractivity contribution in [1.82, 2.24) is 5.32 Å². The number of hydrogen-bond acceptors (Lipinski definition) is 1. The fraction of sp³-hybridized carbons (Fsp3) is 0.938. The Morgan fingerprint density at radius 3 is 1.83 bits per heavy atom. The highest BCUT2D eigenvalue weighted by Crippen LogP contribution is 2.15. The first kappa shape index (κ1) is 17.5. The predicted molar refractivity (Wildman–Crippen MR) is 79.7 cm³/mol. The van der Waals surface area contributed by atoms with Gasteiger partial charge in [0.1, 0.15) is 0 Å². The third-order valence-corrected chi connectivity index (χ3v) is 3.77. The van der Waals surface area contributed by atoms with E-state index in [2.05, 4.69) is 19.2 Å². The minimum absolute atomic E-state index is 0.220. The highest BCUT2D eigenvalue weighted by Gasteiger charge is 2.13. The summed E-state index contributed by atoms with van der Waals surface area (Å²) in [5.74, 6) is 0.455. The number of nitrogens with one attached hydrogen (secondary N) is 1. The van der Waals surface area contributed by atoms with Gasteiger partial charge in [-0.1, -0.05) is 71.6 Å². The van der Waals surface area contributed by atoms with Crippen LogP contribution < -0.4 is 5.32 Å². The quantitative estimate of drug-likeness (QED) is 0.504. The molecule has 0 bridgehead atoms. The van der Waals surface area contributed by atoms with Gasteiger partial charge in [0.05, 0.1) is 0 Å². The molecule has 2 heteroatoms. The molecular formula is C16H33NO. The standard InChI is InChI=1S/C16H33NO/c1-4-6-7-8-9-10-11-12-13-14-15(5-2)16(18)17-3/h15H,4-14H2,1-3H3,(H,17,18). The van der Waals surface area contributed by atoms with E-state index in [0.717, 1.165) is 12.8 Å². The summed E-state index contributed by atoms with van der Waals surface area (Å²) >= 11 is 0. The smallest absolute Gasteiger partial charge is 0.222 e. The van der Waals surface area contributed by atoms with Crippen LogP contribution in [0.25, 0.3) is 0 Å². The molecule has 1 N–H and O–H groups in total. The zero-order valence-electron chi connectivity index (χ0n) is 12.8. The van der Waals surface area contributed by atoms with Gasteiger partial charge in [-0.15, -0.1) is 0 Å². The van der Waals surface area contributed by atoms with Crippen molar-refractivity contribution in [3.63, 3.8) is 0 Å². The maximum atomic E-state index is 11.5. The highest BCUT2D eigenvalue weighted by molar-refractivity contribution is 5.78. The molecule has 0 aromatic heterocycles. The maximum Gasteiger partial charge on any atom is 0.222 e. The van der Waals surface area contributed by atoms with Crippen LogP contribution in [0.3, 0.4) is 0 Å². The van der Waals surface area contributed by atoms with Gasteiger partial charge in [0.25, 0.3) is 0 Å². The van der Waals surface area contributed by atoms with Gasteiger partial charge in [0, 0.05) is 13.0 Å². The monoisotopic (exact) mass is 255 g/mol. The van der Waals surface area contributed by atoms with Crippen molar-refractivity contribution in [1.29, 1.82) is 0 Å². The van der Waals surface area contributed by atoms with Crippen LogP contribution in [0.2, 0.25) is 0 Å². The lowest BCUT2D eigenvalue weighted by atomic mass is 9.97. The summed E-state index contributed by atoms with van der Waals surface area (Å²) < 4.78 is 0. The Bertz CT molecular complexity index is 192. The van der Waals surface area contributed by atoms with Gasteiger partial charge in [-0.05, 0) is 12.8 Å². The summed E-state index contributed by atoms with van der Waals surface area (Å²) in [4.78, 5) is 11.5. The molecule has 1 atom stereocenters. The second kappa shape index (κ2) is 12.9. The highest BCUT2D eigenvalue weighted by atomic mass is 16.1. The molecule has 0 saturated carbocycles. The summed E-state index contributed by atoms with van der Waals surface area (Å²) in [5, 5.41) is 2.76. The third kappa shape index (κ3) is 9.49. The van der Waals surface area contributed by atoms with E-state index in [9.17, 15) is 4.79 Å². The zero-order valence-corrected chi connectivity index (χ0v) is 12.8. The number of unbranched alkanes of at least 4 members (excludes halogenated alkanes) is 8. The number of carbonyl (C=O) groups is 1. The van der Waals surface area contributed by atoms with Crippen molar-refractivity contribution < 1.29 is 4.79 Å². The van der Waals surface area contributed by atoms with Gasteiger partial charge in [0.2, 0.25) is 5.91 Å². The normalized spacial score (nSPS) is 12.4. The Hall–Kier alpha value is -0.530. The molecule has 108 valence electrons. The molecule has 0 aliphatic carbocycles. The van der Waals surface area contributed by atoms with Crippen LogP contribution in [0.1, 0.15) is 84.5 Å². The Labute approximate surface area is 114 Å². The lowest BCUT2D eigenvalue weighted by Gasteiger charge is -2.12. The first-order chi connectivity index (χ1) is 8.76. The van der Waals surface area contributed by atoms with Gasteiger partial charge in [-0.2, -0.15) is 0 Å². The summed E-state index contributed by atoms with van der Waals surface area (Å²) in [6.45, 7) is 4.37. The van der Waals surface area contributed by atoms with Crippen molar-refractivity contribution >= 4 is 5.91 Å². The van der Waals surface area contributed by atoms with E-state index in [1.165, 1.54) is 57.8 Å². The second-order valence-electron chi connectivity index (χ2n) is 5.34. The SMILES string of the molecule is CCCCCCCCCCCC(CC)C(=O)NC. The first-order valence-corrected chi connectivity index (χ1v) is 7.97. The van der Waals surface area contributed by atoms with E-state index < -0.39 is 0 Å². The number of hydrogen-bond donors (Lipinski definition) is 1. The molecule has 0 aromatic rings.